The molecule has 11 nitrogen and oxygen atoms in total. The predicted molar refractivity (Wildman–Crippen MR) is 239 cm³/mol. The Morgan fingerprint density at radius 3 is 2.00 bits per heavy atom. The summed E-state index contributed by atoms with van der Waals surface area (Å²) in [5, 5.41) is 1.05. The van der Waals surface area contributed by atoms with E-state index >= 15 is 4.79 Å². The highest BCUT2D eigenvalue weighted by Crippen LogP contribution is 2.52. The van der Waals surface area contributed by atoms with Crippen molar-refractivity contribution in [2.24, 2.45) is 5.41 Å². The van der Waals surface area contributed by atoms with Gasteiger partial charge in [0.2, 0.25) is 5.91 Å². The fourth-order valence-corrected chi connectivity index (χ4v) is 10.9. The largest absolute Gasteiger partial charge is 0.497 e. The van der Waals surface area contributed by atoms with E-state index in [4.69, 9.17) is 4.74 Å². The normalized spacial score (nSPS) is 20.8. The lowest BCUT2D eigenvalue weighted by Gasteiger charge is -2.53. The first kappa shape index (κ1) is 41.3. The van der Waals surface area contributed by atoms with Crippen LogP contribution in [-0.4, -0.2) is 103 Å². The highest BCUT2D eigenvalue weighted by molar-refractivity contribution is 7.87. The SMILES string of the molecule is COc1ccc(-c2c(C3CCCCC3)c3ccc(C(=O)NS(=O)(=O)N(C)C)cc3n2CC2(C(=O)N3CC4CN(Cc5ccccc5)CC(C3)N4Cc3ccccc3)CC2)cc1. The average molecular weight is 843 g/mol. The summed E-state index contributed by atoms with van der Waals surface area (Å²) in [7, 11) is 0.445. The fraction of sp³-hybridized carbons (Fsp3) is 0.429. The molecule has 5 aromatic rings. The van der Waals surface area contributed by atoms with Gasteiger partial charge in [0.05, 0.1) is 18.2 Å². The number of nitrogens with one attached hydrogen (secondary N) is 1. The minimum atomic E-state index is -4.01. The highest BCUT2D eigenvalue weighted by Gasteiger charge is 2.54. The number of aromatic nitrogens is 1. The molecule has 9 rings (SSSR count). The number of hydrogen-bond acceptors (Lipinski definition) is 7. The Hall–Kier alpha value is -5.01. The smallest absolute Gasteiger partial charge is 0.303 e. The van der Waals surface area contributed by atoms with Crippen molar-refractivity contribution in [3.05, 3.63) is 125 Å². The van der Waals surface area contributed by atoms with Crippen molar-refractivity contribution in [3.63, 3.8) is 0 Å². The number of benzene rings is 4. The van der Waals surface area contributed by atoms with Crippen LogP contribution >= 0.6 is 0 Å². The number of carbonyl (C=O) groups is 2. The quantitative estimate of drug-likeness (QED) is 0.133. The Labute approximate surface area is 360 Å². The molecule has 3 heterocycles. The van der Waals surface area contributed by atoms with E-state index in [1.54, 1.807) is 13.2 Å². The van der Waals surface area contributed by atoms with E-state index < -0.39 is 21.5 Å². The summed E-state index contributed by atoms with van der Waals surface area (Å²) < 4.78 is 36.7. The number of carbonyl (C=O) groups excluding carboxylic acids is 2. The number of hydrogen-bond donors (Lipinski definition) is 1. The lowest BCUT2D eigenvalue weighted by molar-refractivity contribution is -0.146. The van der Waals surface area contributed by atoms with Crippen molar-refractivity contribution in [2.45, 2.75) is 82.6 Å². The van der Waals surface area contributed by atoms with Crippen LogP contribution in [-0.2, 0) is 34.6 Å². The summed E-state index contributed by atoms with van der Waals surface area (Å²) in [5.74, 6) is 0.600. The van der Waals surface area contributed by atoms with Gasteiger partial charge in [0, 0.05) is 88.5 Å². The molecule has 2 saturated carbocycles. The molecule has 4 fully saturated rings. The van der Waals surface area contributed by atoms with Crippen LogP contribution in [0, 0.1) is 5.41 Å². The van der Waals surface area contributed by atoms with E-state index in [0.717, 1.165) is 96.9 Å². The molecule has 2 aliphatic heterocycles. The molecule has 4 aromatic carbocycles. The van der Waals surface area contributed by atoms with Gasteiger partial charge in [0.1, 0.15) is 5.75 Å². The Bertz CT molecular complexity index is 2460. The lowest BCUT2D eigenvalue weighted by atomic mass is 9.81. The molecule has 2 unspecified atom stereocenters. The number of fused-ring (bicyclic) bond motifs is 3. The summed E-state index contributed by atoms with van der Waals surface area (Å²) in [6.07, 6.45) is 7.19. The zero-order valence-corrected chi connectivity index (χ0v) is 36.4. The van der Waals surface area contributed by atoms with Crippen molar-refractivity contribution >= 4 is 32.9 Å². The van der Waals surface area contributed by atoms with E-state index in [1.165, 1.54) is 37.2 Å². The van der Waals surface area contributed by atoms with Gasteiger partial charge < -0.3 is 14.2 Å². The van der Waals surface area contributed by atoms with Crippen LogP contribution in [0.3, 0.4) is 0 Å². The zero-order chi connectivity index (χ0) is 42.3. The summed E-state index contributed by atoms with van der Waals surface area (Å²) in [4.78, 5) is 36.3. The van der Waals surface area contributed by atoms with Gasteiger partial charge in [-0.05, 0) is 90.3 Å². The summed E-state index contributed by atoms with van der Waals surface area (Å²) in [6.45, 7) is 5.34. The molecule has 2 aliphatic carbocycles. The third-order valence-corrected chi connectivity index (χ3v) is 15.1. The second kappa shape index (κ2) is 17.0. The second-order valence-corrected chi connectivity index (χ2v) is 19.9. The Balaban J connectivity index is 1.08. The zero-order valence-electron chi connectivity index (χ0n) is 35.6. The first-order valence-electron chi connectivity index (χ1n) is 21.9. The molecule has 4 aliphatic rings. The number of piperazine rings is 2. The van der Waals surface area contributed by atoms with Crippen LogP contribution < -0.4 is 9.46 Å². The van der Waals surface area contributed by atoms with Gasteiger partial charge in [-0.15, -0.1) is 0 Å². The maximum absolute atomic E-state index is 15.3. The Morgan fingerprint density at radius 1 is 0.787 bits per heavy atom. The molecule has 1 N–H and O–H groups in total. The molecule has 12 heteroatoms. The van der Waals surface area contributed by atoms with E-state index in [-0.39, 0.29) is 23.6 Å². The van der Waals surface area contributed by atoms with Gasteiger partial charge in [-0.3, -0.25) is 19.4 Å². The molecule has 61 heavy (non-hydrogen) atoms. The van der Waals surface area contributed by atoms with Gasteiger partial charge in [-0.1, -0.05) is 86.0 Å². The molecule has 2 bridgehead atoms. The third kappa shape index (κ3) is 8.47. The summed E-state index contributed by atoms with van der Waals surface area (Å²) in [5.41, 5.74) is 6.46. The summed E-state index contributed by atoms with van der Waals surface area (Å²) >= 11 is 0. The first-order chi connectivity index (χ1) is 29.5. The van der Waals surface area contributed by atoms with E-state index in [9.17, 15) is 13.2 Å². The molecular formula is C49H58N6O5S. The van der Waals surface area contributed by atoms with E-state index in [1.807, 2.05) is 24.3 Å². The minimum absolute atomic E-state index is 0.191. The summed E-state index contributed by atoms with van der Waals surface area (Å²) in [6, 6.07) is 35.5. The van der Waals surface area contributed by atoms with Crippen LogP contribution in [0.15, 0.2) is 103 Å². The molecule has 1 aromatic heterocycles. The number of ether oxygens (including phenoxy) is 1. The lowest BCUT2D eigenvalue weighted by Crippen LogP contribution is -2.69. The average Bonchev–Trinajstić information content (AvgIpc) is 3.99. The highest BCUT2D eigenvalue weighted by atomic mass is 32.2. The number of rotatable bonds is 13. The predicted octanol–water partition coefficient (Wildman–Crippen LogP) is 7.28. The monoisotopic (exact) mass is 842 g/mol. The maximum atomic E-state index is 15.3. The molecule has 2 amide bonds. The van der Waals surface area contributed by atoms with Gasteiger partial charge in [0.15, 0.2) is 0 Å². The van der Waals surface area contributed by atoms with Crippen LogP contribution in [0.1, 0.15) is 77.9 Å². The van der Waals surface area contributed by atoms with Crippen molar-refractivity contribution in [2.75, 3.05) is 47.4 Å². The third-order valence-electron chi connectivity index (χ3n) is 13.7. The van der Waals surface area contributed by atoms with Gasteiger partial charge in [-0.2, -0.15) is 12.7 Å². The first-order valence-corrected chi connectivity index (χ1v) is 23.4. The molecule has 2 atom stereocenters. The molecule has 2 saturated heterocycles. The van der Waals surface area contributed by atoms with Gasteiger partial charge in [-0.25, -0.2) is 4.72 Å². The number of nitrogens with zero attached hydrogens (tertiary/aromatic N) is 5. The van der Waals surface area contributed by atoms with Crippen molar-refractivity contribution < 1.29 is 22.7 Å². The molecule has 0 radical (unpaired) electrons. The van der Waals surface area contributed by atoms with Crippen LogP contribution in [0.25, 0.3) is 22.2 Å². The Morgan fingerprint density at radius 2 is 1.41 bits per heavy atom. The topological polar surface area (TPSA) is 107 Å². The van der Waals surface area contributed by atoms with Crippen LogP contribution in [0.4, 0.5) is 0 Å². The number of amides is 2. The van der Waals surface area contributed by atoms with Crippen molar-refractivity contribution in [1.82, 2.24) is 28.3 Å². The standard InChI is InChI=1S/C49H58N6O5S/c1-51(2)61(58,59)50-47(56)39-21-24-43-44(27-39)55(46(38-19-22-42(60-3)23-20-38)45(43)37-17-11-6-12-18-37)34-49(25-26-49)48(57)53-32-40-30-52(28-35-13-7-4-8-14-35)31-41(33-53)54(40)29-36-15-9-5-10-16-36/h4-5,7-10,13-16,19-24,27,37,40-41H,6,11-12,17-18,25-26,28-34H2,1-3H3,(H,50,56). The molecule has 320 valence electrons. The second-order valence-electron chi connectivity index (χ2n) is 18.0. The van der Waals surface area contributed by atoms with Crippen molar-refractivity contribution in [3.8, 4) is 17.0 Å². The van der Waals surface area contributed by atoms with E-state index in [2.05, 4.69) is 96.8 Å². The van der Waals surface area contributed by atoms with Crippen molar-refractivity contribution in [1.29, 1.82) is 0 Å². The number of methoxy groups -OCH3 is 1. The van der Waals surface area contributed by atoms with Gasteiger partial charge >= 0.3 is 10.2 Å². The minimum Gasteiger partial charge on any atom is -0.497 e. The maximum Gasteiger partial charge on any atom is 0.303 e. The fourth-order valence-electron chi connectivity index (χ4n) is 10.3. The Kier molecular flexibility index (Phi) is 11.5. The van der Waals surface area contributed by atoms with Crippen LogP contribution in [0.5, 0.6) is 5.75 Å². The van der Waals surface area contributed by atoms with Crippen LogP contribution in [0.2, 0.25) is 0 Å². The van der Waals surface area contributed by atoms with Gasteiger partial charge in [0.25, 0.3) is 5.91 Å². The molecular weight excluding hydrogens is 785 g/mol. The van der Waals surface area contributed by atoms with E-state index in [0.29, 0.717) is 25.6 Å². The molecule has 0 spiro atoms.